The van der Waals surface area contributed by atoms with Crippen molar-refractivity contribution in [3.8, 4) is 0 Å². The molecule has 2 atom stereocenters. The quantitative estimate of drug-likeness (QED) is 0.786. The molecule has 0 N–H and O–H groups in total. The highest BCUT2D eigenvalue weighted by Gasteiger charge is 2.37. The van der Waals surface area contributed by atoms with Gasteiger partial charge in [-0.3, -0.25) is 4.90 Å². The van der Waals surface area contributed by atoms with E-state index < -0.39 is 0 Å². The average Bonchev–Trinajstić information content (AvgIpc) is 2.60. The van der Waals surface area contributed by atoms with Crippen molar-refractivity contribution >= 4 is 12.6 Å². The average molecular weight is 249 g/mol. The lowest BCUT2D eigenvalue weighted by atomic mass is 9.80. The summed E-state index contributed by atoms with van der Waals surface area (Å²) in [6, 6.07) is 10.7. The molecule has 1 nitrogen and oxygen atoms in total. The fourth-order valence-corrected chi connectivity index (χ4v) is 3.46. The van der Waals surface area contributed by atoms with E-state index in [1.165, 1.54) is 12.1 Å². The third-order valence-electron chi connectivity index (χ3n) is 3.73. The van der Waals surface area contributed by atoms with Crippen molar-refractivity contribution in [1.29, 1.82) is 0 Å². The number of hydrogen-bond acceptors (Lipinski definition) is 2. The molecule has 0 radical (unpaired) electrons. The Balaban J connectivity index is 1.98. The monoisotopic (exact) mass is 249 g/mol. The fraction of sp³-hybridized carbons (Fsp3) is 0.600. The van der Waals surface area contributed by atoms with Crippen LogP contribution in [0.3, 0.4) is 0 Å². The van der Waals surface area contributed by atoms with E-state index in [-0.39, 0.29) is 0 Å². The molecular weight excluding hydrogens is 226 g/mol. The lowest BCUT2D eigenvalue weighted by Gasteiger charge is -2.29. The summed E-state index contributed by atoms with van der Waals surface area (Å²) in [5.41, 5.74) is 1.76. The fourth-order valence-electron chi connectivity index (χ4n) is 2.69. The molecule has 0 bridgehead atoms. The van der Waals surface area contributed by atoms with Gasteiger partial charge in [-0.2, -0.15) is 12.6 Å². The first-order chi connectivity index (χ1) is 7.97. The van der Waals surface area contributed by atoms with Gasteiger partial charge in [0.1, 0.15) is 0 Å². The SMILES string of the molecule is CC(C)(C)C1CN(Cc2ccccc2)CC1S. The van der Waals surface area contributed by atoms with E-state index in [0.29, 0.717) is 16.6 Å². The minimum absolute atomic E-state index is 0.359. The zero-order valence-electron chi connectivity index (χ0n) is 11.1. The van der Waals surface area contributed by atoms with Gasteiger partial charge < -0.3 is 0 Å². The number of thiol groups is 1. The second kappa shape index (κ2) is 5.03. The highest BCUT2D eigenvalue weighted by molar-refractivity contribution is 7.81. The van der Waals surface area contributed by atoms with Gasteiger partial charge in [0, 0.05) is 24.9 Å². The van der Waals surface area contributed by atoms with Gasteiger partial charge in [-0.05, 0) is 16.9 Å². The minimum atomic E-state index is 0.359. The molecule has 2 unspecified atom stereocenters. The first-order valence-electron chi connectivity index (χ1n) is 6.41. The zero-order chi connectivity index (χ0) is 12.5. The molecule has 2 rings (SSSR count). The van der Waals surface area contributed by atoms with Crippen LogP contribution in [0.25, 0.3) is 0 Å². The van der Waals surface area contributed by atoms with Gasteiger partial charge in [0.05, 0.1) is 0 Å². The lowest BCUT2D eigenvalue weighted by molar-refractivity contribution is 0.228. The Hall–Kier alpha value is -0.470. The van der Waals surface area contributed by atoms with Crippen molar-refractivity contribution in [2.24, 2.45) is 11.3 Å². The molecule has 0 amide bonds. The van der Waals surface area contributed by atoms with Crippen LogP contribution >= 0.6 is 12.6 Å². The van der Waals surface area contributed by atoms with Crippen LogP contribution in [0.5, 0.6) is 0 Å². The number of hydrogen-bond donors (Lipinski definition) is 1. The van der Waals surface area contributed by atoms with Crippen LogP contribution in [0, 0.1) is 11.3 Å². The molecule has 1 fully saturated rings. The van der Waals surface area contributed by atoms with Crippen LogP contribution in [0.4, 0.5) is 0 Å². The molecule has 0 aliphatic carbocycles. The number of rotatable bonds is 2. The van der Waals surface area contributed by atoms with E-state index in [0.717, 1.165) is 13.1 Å². The molecule has 0 saturated carbocycles. The Morgan fingerprint density at radius 2 is 1.82 bits per heavy atom. The molecule has 1 aliphatic heterocycles. The Kier molecular flexibility index (Phi) is 3.84. The van der Waals surface area contributed by atoms with Crippen molar-refractivity contribution in [1.82, 2.24) is 4.90 Å². The maximum absolute atomic E-state index is 4.76. The molecule has 0 spiro atoms. The van der Waals surface area contributed by atoms with Crippen LogP contribution in [-0.2, 0) is 6.54 Å². The van der Waals surface area contributed by atoms with Gasteiger partial charge in [0.2, 0.25) is 0 Å². The maximum Gasteiger partial charge on any atom is 0.0234 e. The molecular formula is C15H23NS. The molecule has 17 heavy (non-hydrogen) atoms. The van der Waals surface area contributed by atoms with E-state index in [1.54, 1.807) is 0 Å². The van der Waals surface area contributed by atoms with Crippen LogP contribution in [0.15, 0.2) is 30.3 Å². The third-order valence-corrected chi connectivity index (χ3v) is 4.25. The van der Waals surface area contributed by atoms with Gasteiger partial charge in [-0.25, -0.2) is 0 Å². The summed E-state index contributed by atoms with van der Waals surface area (Å²) in [5, 5.41) is 0.513. The topological polar surface area (TPSA) is 3.24 Å². The van der Waals surface area contributed by atoms with Crippen molar-refractivity contribution in [3.63, 3.8) is 0 Å². The minimum Gasteiger partial charge on any atom is -0.298 e. The summed E-state index contributed by atoms with van der Waals surface area (Å²) in [7, 11) is 0. The first kappa shape index (κ1) is 13.0. The molecule has 1 aromatic rings. The Bertz CT molecular complexity index is 355. The maximum atomic E-state index is 4.76. The molecule has 2 heteroatoms. The Morgan fingerprint density at radius 1 is 1.18 bits per heavy atom. The molecule has 1 saturated heterocycles. The van der Waals surface area contributed by atoms with E-state index in [2.05, 4.69) is 56.0 Å². The highest BCUT2D eigenvalue weighted by Crippen LogP contribution is 2.36. The smallest absolute Gasteiger partial charge is 0.0234 e. The van der Waals surface area contributed by atoms with E-state index in [9.17, 15) is 0 Å². The number of benzene rings is 1. The molecule has 1 heterocycles. The normalized spacial score (nSPS) is 26.4. The summed E-state index contributed by atoms with van der Waals surface area (Å²) < 4.78 is 0. The summed E-state index contributed by atoms with van der Waals surface area (Å²) in [6.45, 7) is 10.3. The summed E-state index contributed by atoms with van der Waals surface area (Å²) >= 11 is 4.76. The lowest BCUT2D eigenvalue weighted by Crippen LogP contribution is -2.28. The first-order valence-corrected chi connectivity index (χ1v) is 6.93. The molecule has 1 aromatic carbocycles. The Morgan fingerprint density at radius 3 is 2.35 bits per heavy atom. The van der Waals surface area contributed by atoms with Gasteiger partial charge in [0.25, 0.3) is 0 Å². The van der Waals surface area contributed by atoms with Gasteiger partial charge in [-0.15, -0.1) is 0 Å². The Labute approximate surface area is 111 Å². The van der Waals surface area contributed by atoms with Crippen molar-refractivity contribution in [2.45, 2.75) is 32.6 Å². The second-order valence-corrected chi connectivity index (χ2v) is 6.88. The summed E-state index contributed by atoms with van der Waals surface area (Å²) in [6.07, 6.45) is 0. The van der Waals surface area contributed by atoms with Crippen LogP contribution in [0.2, 0.25) is 0 Å². The van der Waals surface area contributed by atoms with E-state index >= 15 is 0 Å². The predicted molar refractivity (Wildman–Crippen MR) is 77.4 cm³/mol. The highest BCUT2D eigenvalue weighted by atomic mass is 32.1. The van der Waals surface area contributed by atoms with Crippen molar-refractivity contribution < 1.29 is 0 Å². The summed E-state index contributed by atoms with van der Waals surface area (Å²) in [4.78, 5) is 2.53. The van der Waals surface area contributed by atoms with Crippen LogP contribution < -0.4 is 0 Å². The number of nitrogens with zero attached hydrogens (tertiary/aromatic N) is 1. The molecule has 1 aliphatic rings. The zero-order valence-corrected chi connectivity index (χ0v) is 12.0. The van der Waals surface area contributed by atoms with Gasteiger partial charge >= 0.3 is 0 Å². The predicted octanol–water partition coefficient (Wildman–Crippen LogP) is 3.46. The molecule has 0 aromatic heterocycles. The third kappa shape index (κ3) is 3.26. The van der Waals surface area contributed by atoms with Crippen molar-refractivity contribution in [3.05, 3.63) is 35.9 Å². The van der Waals surface area contributed by atoms with Gasteiger partial charge in [-0.1, -0.05) is 51.1 Å². The van der Waals surface area contributed by atoms with Gasteiger partial charge in [0.15, 0.2) is 0 Å². The van der Waals surface area contributed by atoms with E-state index in [1.807, 2.05) is 0 Å². The van der Waals surface area contributed by atoms with E-state index in [4.69, 9.17) is 12.6 Å². The second-order valence-electron chi connectivity index (χ2n) is 6.22. The summed E-state index contributed by atoms with van der Waals surface area (Å²) in [5.74, 6) is 0.689. The molecule has 94 valence electrons. The van der Waals surface area contributed by atoms with Crippen LogP contribution in [0.1, 0.15) is 26.3 Å². The largest absolute Gasteiger partial charge is 0.298 e. The van der Waals surface area contributed by atoms with Crippen molar-refractivity contribution in [2.75, 3.05) is 13.1 Å². The standard InChI is InChI=1S/C15H23NS/c1-15(2,3)13-10-16(11-14(13)17)9-12-7-5-4-6-8-12/h4-8,13-14,17H,9-11H2,1-3H3. The van der Waals surface area contributed by atoms with Crippen LogP contribution in [-0.4, -0.2) is 23.2 Å². The number of likely N-dealkylation sites (tertiary alicyclic amines) is 1.